The largest absolute Gasteiger partial charge is 0.383 e. The third-order valence-electron chi connectivity index (χ3n) is 2.55. The lowest BCUT2D eigenvalue weighted by Gasteiger charge is -2.06. The van der Waals surface area contributed by atoms with E-state index < -0.39 is 0 Å². The summed E-state index contributed by atoms with van der Waals surface area (Å²) in [7, 11) is 3.24. The number of nitrogens with two attached hydrogens (primary N) is 1. The average molecular weight is 371 g/mol. The number of nitriles is 1. The molecule has 1 rings (SSSR count). The van der Waals surface area contributed by atoms with E-state index in [1.54, 1.807) is 25.9 Å². The van der Waals surface area contributed by atoms with Gasteiger partial charge in [-0.05, 0) is 0 Å². The second kappa shape index (κ2) is 12.4. The zero-order valence-corrected chi connectivity index (χ0v) is 15.3. The van der Waals surface area contributed by atoms with Crippen LogP contribution >= 0.6 is 23.1 Å². The quantitative estimate of drug-likeness (QED) is 0.161. The zero-order chi connectivity index (χ0) is 17.6. The first kappa shape index (κ1) is 20.0. The lowest BCUT2D eigenvalue weighted by Crippen LogP contribution is -2.35. The number of aliphatic imine (C=N–C) groups is 2. The van der Waals surface area contributed by atoms with Crippen molar-refractivity contribution in [1.29, 1.82) is 5.26 Å². The Bertz CT molecular complexity index is 581. The van der Waals surface area contributed by atoms with Crippen LogP contribution in [0.2, 0.25) is 0 Å². The number of ether oxygens (including phenoxy) is 1. The Labute approximate surface area is 149 Å². The summed E-state index contributed by atoms with van der Waals surface area (Å²) < 4.78 is 4.91. The monoisotopic (exact) mass is 370 g/mol. The maximum Gasteiger partial charge on any atom is 0.204 e. The standard InChI is InChI=1S/C13H22N8OS2/c1-16-12(19-9-14)18-4-6-23-7-10-8-24-13(20-10)21-11(15)17-3-5-22-2/h8H,3-7H2,1-2H3,(H2,16,18,19)(H3,15,17,20,21). The van der Waals surface area contributed by atoms with Crippen molar-refractivity contribution < 1.29 is 4.74 Å². The number of anilines is 1. The van der Waals surface area contributed by atoms with Gasteiger partial charge in [0.1, 0.15) is 0 Å². The Balaban J connectivity index is 2.25. The molecule has 0 aliphatic heterocycles. The van der Waals surface area contributed by atoms with E-state index in [2.05, 4.69) is 30.9 Å². The van der Waals surface area contributed by atoms with Crippen LogP contribution in [0.25, 0.3) is 0 Å². The van der Waals surface area contributed by atoms with E-state index in [0.717, 1.165) is 22.3 Å². The van der Waals surface area contributed by atoms with Gasteiger partial charge in [-0.15, -0.1) is 11.3 Å². The molecule has 0 bridgehead atoms. The summed E-state index contributed by atoms with van der Waals surface area (Å²) in [5.74, 6) is 2.47. The number of thioether (sulfide) groups is 1. The molecule has 0 radical (unpaired) electrons. The van der Waals surface area contributed by atoms with Crippen LogP contribution in [0.3, 0.4) is 0 Å². The summed E-state index contributed by atoms with van der Waals surface area (Å²) in [5.41, 5.74) is 6.74. The number of thiazole rings is 1. The second-order valence-corrected chi connectivity index (χ2v) is 6.28. The van der Waals surface area contributed by atoms with Gasteiger partial charge in [0.05, 0.1) is 18.8 Å². The highest BCUT2D eigenvalue weighted by Gasteiger charge is 2.03. The van der Waals surface area contributed by atoms with Crippen LogP contribution in [0.1, 0.15) is 5.69 Å². The van der Waals surface area contributed by atoms with Crippen LogP contribution in [-0.4, -0.2) is 56.5 Å². The average Bonchev–Trinajstić information content (AvgIpc) is 3.01. The van der Waals surface area contributed by atoms with Crippen molar-refractivity contribution in [3.8, 4) is 6.19 Å². The molecule has 11 heteroatoms. The number of hydrogen-bond donors (Lipinski definition) is 4. The molecule has 0 saturated carbocycles. The highest BCUT2D eigenvalue weighted by atomic mass is 32.2. The first-order valence-corrected chi connectivity index (χ1v) is 9.16. The van der Waals surface area contributed by atoms with E-state index in [9.17, 15) is 0 Å². The third kappa shape index (κ3) is 8.56. The topological polar surface area (TPSA) is 133 Å². The van der Waals surface area contributed by atoms with E-state index >= 15 is 0 Å². The molecule has 0 fully saturated rings. The summed E-state index contributed by atoms with van der Waals surface area (Å²) in [6.45, 7) is 1.75. The summed E-state index contributed by atoms with van der Waals surface area (Å²) >= 11 is 3.22. The van der Waals surface area contributed by atoms with E-state index in [4.69, 9.17) is 15.7 Å². The number of methoxy groups -OCH3 is 1. The fraction of sp³-hybridized carbons (Fsp3) is 0.538. The Kier molecular flexibility index (Phi) is 10.3. The van der Waals surface area contributed by atoms with Crippen LogP contribution in [0.4, 0.5) is 5.13 Å². The summed E-state index contributed by atoms with van der Waals surface area (Å²) in [6, 6.07) is 0. The minimum absolute atomic E-state index is 0.334. The highest BCUT2D eigenvalue weighted by molar-refractivity contribution is 7.98. The smallest absolute Gasteiger partial charge is 0.204 e. The van der Waals surface area contributed by atoms with Crippen LogP contribution in [0.5, 0.6) is 0 Å². The van der Waals surface area contributed by atoms with Crippen molar-refractivity contribution in [3.05, 3.63) is 11.1 Å². The van der Waals surface area contributed by atoms with E-state index in [1.165, 1.54) is 11.3 Å². The fourth-order valence-electron chi connectivity index (χ4n) is 1.49. The number of rotatable bonds is 9. The number of hydrogen-bond acceptors (Lipinski definition) is 7. The second-order valence-electron chi connectivity index (χ2n) is 4.32. The van der Waals surface area contributed by atoms with Gasteiger partial charge in [-0.3, -0.25) is 15.3 Å². The number of aromatic nitrogens is 1. The zero-order valence-electron chi connectivity index (χ0n) is 13.7. The normalized spacial score (nSPS) is 11.9. The predicted molar refractivity (Wildman–Crippen MR) is 100 cm³/mol. The van der Waals surface area contributed by atoms with Gasteiger partial charge in [-0.1, -0.05) is 0 Å². The van der Waals surface area contributed by atoms with Crippen LogP contribution in [0, 0.1) is 11.5 Å². The molecule has 9 nitrogen and oxygen atoms in total. The third-order valence-corrected chi connectivity index (χ3v) is 4.35. The van der Waals surface area contributed by atoms with Crippen molar-refractivity contribution in [2.75, 3.05) is 44.9 Å². The maximum atomic E-state index is 8.52. The van der Waals surface area contributed by atoms with Gasteiger partial charge in [0.2, 0.25) is 5.96 Å². The van der Waals surface area contributed by atoms with Crippen LogP contribution in [0.15, 0.2) is 15.4 Å². The number of nitrogens with zero attached hydrogens (tertiary/aromatic N) is 4. The number of nitrogens with one attached hydrogen (secondary N) is 3. The molecule has 5 N–H and O–H groups in total. The molecule has 1 aromatic heterocycles. The SMILES string of the molecule is CN=C(NC#N)NCCSCc1csc(NC(N)=NCCOC)n1. The first-order valence-electron chi connectivity index (χ1n) is 7.13. The Hall–Kier alpha value is -2.03. The Morgan fingerprint density at radius 1 is 1.58 bits per heavy atom. The predicted octanol–water partition coefficient (Wildman–Crippen LogP) is 0.395. The lowest BCUT2D eigenvalue weighted by atomic mass is 10.6. The molecule has 0 atom stereocenters. The van der Waals surface area contributed by atoms with Crippen molar-refractivity contribution in [2.45, 2.75) is 5.75 Å². The molecule has 0 saturated heterocycles. The van der Waals surface area contributed by atoms with Gasteiger partial charge in [-0.25, -0.2) is 4.98 Å². The summed E-state index contributed by atoms with van der Waals surface area (Å²) in [6.07, 6.45) is 1.83. The lowest BCUT2D eigenvalue weighted by molar-refractivity contribution is 0.208. The van der Waals surface area contributed by atoms with Crippen LogP contribution < -0.4 is 21.7 Å². The van der Waals surface area contributed by atoms with E-state index in [0.29, 0.717) is 31.6 Å². The Morgan fingerprint density at radius 2 is 2.42 bits per heavy atom. The minimum Gasteiger partial charge on any atom is -0.383 e. The number of guanidine groups is 2. The molecule has 0 aliphatic carbocycles. The molecule has 0 spiro atoms. The molecule has 0 aliphatic rings. The van der Waals surface area contributed by atoms with E-state index in [-0.39, 0.29) is 0 Å². The van der Waals surface area contributed by atoms with Gasteiger partial charge < -0.3 is 21.1 Å². The van der Waals surface area contributed by atoms with Gasteiger partial charge in [0, 0.05) is 37.6 Å². The van der Waals surface area contributed by atoms with Crippen molar-refractivity contribution in [2.24, 2.45) is 15.7 Å². The summed E-state index contributed by atoms with van der Waals surface area (Å²) in [5, 5.41) is 19.7. The van der Waals surface area contributed by atoms with Gasteiger partial charge in [0.25, 0.3) is 0 Å². The first-order chi connectivity index (χ1) is 11.7. The fourth-order valence-corrected chi connectivity index (χ4v) is 3.06. The Morgan fingerprint density at radius 3 is 3.12 bits per heavy atom. The molecular formula is C13H22N8OS2. The van der Waals surface area contributed by atoms with Crippen molar-refractivity contribution in [1.82, 2.24) is 15.6 Å². The molecule has 0 amide bonds. The van der Waals surface area contributed by atoms with Gasteiger partial charge >= 0.3 is 0 Å². The molecule has 24 heavy (non-hydrogen) atoms. The highest BCUT2D eigenvalue weighted by Crippen LogP contribution is 2.19. The van der Waals surface area contributed by atoms with Crippen molar-refractivity contribution in [3.63, 3.8) is 0 Å². The minimum atomic E-state index is 0.334. The van der Waals surface area contributed by atoms with Gasteiger partial charge in [-0.2, -0.15) is 17.0 Å². The van der Waals surface area contributed by atoms with E-state index in [1.807, 2.05) is 11.6 Å². The molecule has 132 valence electrons. The summed E-state index contributed by atoms with van der Waals surface area (Å²) in [4.78, 5) is 12.5. The van der Waals surface area contributed by atoms with Gasteiger partial charge in [0.15, 0.2) is 17.3 Å². The maximum absolute atomic E-state index is 8.52. The van der Waals surface area contributed by atoms with Crippen molar-refractivity contribution >= 4 is 40.1 Å². The molecular weight excluding hydrogens is 348 g/mol. The molecule has 1 heterocycles. The molecule has 0 aromatic carbocycles. The molecule has 1 aromatic rings. The molecule has 0 unspecified atom stereocenters. The van der Waals surface area contributed by atoms with Crippen LogP contribution in [-0.2, 0) is 10.5 Å².